The van der Waals surface area contributed by atoms with Gasteiger partial charge in [-0.05, 0) is 43.4 Å². The largest absolute Gasteiger partial charge is 0.299 e. The van der Waals surface area contributed by atoms with Crippen LogP contribution in [0.1, 0.15) is 71.6 Å². The Hall–Kier alpha value is -0.660. The molecule has 4 unspecified atom stereocenters. The Balaban J connectivity index is 1.95. The van der Waals surface area contributed by atoms with E-state index in [4.69, 9.17) is 0 Å². The number of hydrogen-bond donors (Lipinski definition) is 0. The summed E-state index contributed by atoms with van der Waals surface area (Å²) in [5.41, 5.74) is 0. The van der Waals surface area contributed by atoms with Crippen LogP contribution in [-0.2, 0) is 9.59 Å². The second-order valence-electron chi connectivity index (χ2n) is 6.68. The first-order valence-corrected chi connectivity index (χ1v) is 8.19. The van der Waals surface area contributed by atoms with E-state index in [1.165, 1.54) is 32.1 Å². The van der Waals surface area contributed by atoms with Crippen molar-refractivity contribution < 1.29 is 9.59 Å². The van der Waals surface area contributed by atoms with Crippen molar-refractivity contribution in [1.29, 1.82) is 0 Å². The van der Waals surface area contributed by atoms with Crippen LogP contribution in [-0.4, -0.2) is 11.6 Å². The van der Waals surface area contributed by atoms with E-state index in [0.717, 1.165) is 18.8 Å². The third kappa shape index (κ3) is 3.46. The molecular formula is C17H28O2. The lowest BCUT2D eigenvalue weighted by Crippen LogP contribution is -2.30. The highest BCUT2D eigenvalue weighted by Gasteiger charge is 2.35. The topological polar surface area (TPSA) is 34.1 Å². The van der Waals surface area contributed by atoms with Gasteiger partial charge in [-0.2, -0.15) is 0 Å². The minimum atomic E-state index is -0.237. The summed E-state index contributed by atoms with van der Waals surface area (Å²) in [6.45, 7) is 4.58. The molecule has 0 amide bonds. The molecule has 4 atom stereocenters. The molecule has 2 saturated carbocycles. The fourth-order valence-electron chi connectivity index (χ4n) is 4.10. The summed E-state index contributed by atoms with van der Waals surface area (Å²) >= 11 is 0. The Morgan fingerprint density at radius 3 is 2.58 bits per heavy atom. The van der Waals surface area contributed by atoms with Gasteiger partial charge >= 0.3 is 0 Å². The van der Waals surface area contributed by atoms with Crippen molar-refractivity contribution in [2.45, 2.75) is 71.6 Å². The van der Waals surface area contributed by atoms with Gasteiger partial charge in [0.15, 0.2) is 0 Å². The summed E-state index contributed by atoms with van der Waals surface area (Å²) in [6, 6.07) is 0. The zero-order valence-electron chi connectivity index (χ0n) is 12.5. The van der Waals surface area contributed by atoms with Gasteiger partial charge in [0.2, 0.25) is 0 Å². The molecule has 2 aliphatic rings. The lowest BCUT2D eigenvalue weighted by molar-refractivity contribution is -0.132. The first-order chi connectivity index (χ1) is 9.13. The molecule has 0 spiro atoms. The van der Waals surface area contributed by atoms with Crippen LogP contribution in [0.4, 0.5) is 0 Å². The molecule has 2 fully saturated rings. The lowest BCUT2D eigenvalue weighted by atomic mass is 9.69. The molecule has 108 valence electrons. The maximum atomic E-state index is 12.4. The normalized spacial score (nSPS) is 33.4. The fourth-order valence-corrected chi connectivity index (χ4v) is 4.10. The molecule has 19 heavy (non-hydrogen) atoms. The second-order valence-corrected chi connectivity index (χ2v) is 6.68. The van der Waals surface area contributed by atoms with Crippen molar-refractivity contribution in [2.75, 3.05) is 0 Å². The number of rotatable bonds is 5. The average Bonchev–Trinajstić information content (AvgIpc) is 2.85. The zero-order chi connectivity index (χ0) is 13.8. The van der Waals surface area contributed by atoms with E-state index < -0.39 is 0 Å². The van der Waals surface area contributed by atoms with Gasteiger partial charge in [-0.1, -0.05) is 33.1 Å². The predicted molar refractivity (Wildman–Crippen MR) is 76.9 cm³/mol. The van der Waals surface area contributed by atoms with E-state index in [2.05, 4.69) is 13.8 Å². The maximum absolute atomic E-state index is 12.4. The fraction of sp³-hybridized carbons (Fsp3) is 0.882. The Kier molecular flexibility index (Phi) is 5.18. The minimum absolute atomic E-state index is 0.209. The monoisotopic (exact) mass is 264 g/mol. The summed E-state index contributed by atoms with van der Waals surface area (Å²) in [6.07, 6.45) is 9.32. The van der Waals surface area contributed by atoms with Gasteiger partial charge in [0, 0.05) is 12.8 Å². The molecule has 0 N–H and O–H groups in total. The smallest absolute Gasteiger partial charge is 0.143 e. The molecule has 2 aliphatic carbocycles. The van der Waals surface area contributed by atoms with Gasteiger partial charge in [0.1, 0.15) is 11.6 Å². The third-order valence-electron chi connectivity index (χ3n) is 5.50. The molecule has 0 aromatic heterocycles. The molecule has 2 heteroatoms. The molecule has 0 heterocycles. The molecule has 0 bridgehead atoms. The Labute approximate surface area is 117 Å². The lowest BCUT2D eigenvalue weighted by Gasteiger charge is -2.35. The third-order valence-corrected chi connectivity index (χ3v) is 5.50. The van der Waals surface area contributed by atoms with E-state index in [9.17, 15) is 9.59 Å². The minimum Gasteiger partial charge on any atom is -0.299 e. The van der Waals surface area contributed by atoms with Crippen LogP contribution >= 0.6 is 0 Å². The average molecular weight is 264 g/mol. The number of carbonyl (C=O) groups is 2. The summed E-state index contributed by atoms with van der Waals surface area (Å²) in [5, 5.41) is 0. The molecule has 2 rings (SSSR count). The van der Waals surface area contributed by atoms with Crippen molar-refractivity contribution in [2.24, 2.45) is 23.7 Å². The van der Waals surface area contributed by atoms with Crippen molar-refractivity contribution in [3.8, 4) is 0 Å². The number of carbonyl (C=O) groups excluding carboxylic acids is 2. The van der Waals surface area contributed by atoms with Crippen LogP contribution in [0.3, 0.4) is 0 Å². The molecule has 0 radical (unpaired) electrons. The van der Waals surface area contributed by atoms with E-state index in [0.29, 0.717) is 24.7 Å². The van der Waals surface area contributed by atoms with Crippen LogP contribution < -0.4 is 0 Å². The van der Waals surface area contributed by atoms with Crippen molar-refractivity contribution in [1.82, 2.24) is 0 Å². The maximum Gasteiger partial charge on any atom is 0.143 e. The van der Waals surface area contributed by atoms with E-state index in [1.54, 1.807) is 0 Å². The number of hydrogen-bond acceptors (Lipinski definition) is 2. The number of Topliss-reactive ketones (excluding diaryl/α,β-unsaturated/α-hetero) is 2. The molecular weight excluding hydrogens is 236 g/mol. The highest BCUT2D eigenvalue weighted by atomic mass is 16.2. The van der Waals surface area contributed by atoms with E-state index in [-0.39, 0.29) is 17.5 Å². The quantitative estimate of drug-likeness (QED) is 0.698. The molecule has 0 aromatic rings. The standard InChI is InChI=1S/C17H28O2/c1-3-12(2)14-8-5-4-7-13(14)11-17(19)15-9-6-10-16(15)18/h12-15H,3-11H2,1-2H3. The zero-order valence-corrected chi connectivity index (χ0v) is 12.5. The van der Waals surface area contributed by atoms with Gasteiger partial charge < -0.3 is 0 Å². The second kappa shape index (κ2) is 6.67. The van der Waals surface area contributed by atoms with Crippen LogP contribution in [0.25, 0.3) is 0 Å². The summed E-state index contributed by atoms with van der Waals surface area (Å²) in [7, 11) is 0. The van der Waals surface area contributed by atoms with Crippen molar-refractivity contribution in [3.63, 3.8) is 0 Å². The van der Waals surface area contributed by atoms with Gasteiger partial charge in [-0.25, -0.2) is 0 Å². The van der Waals surface area contributed by atoms with Crippen LogP contribution in [0.5, 0.6) is 0 Å². The predicted octanol–water partition coefficient (Wildman–Crippen LogP) is 4.17. The van der Waals surface area contributed by atoms with E-state index >= 15 is 0 Å². The molecule has 2 nitrogen and oxygen atoms in total. The Morgan fingerprint density at radius 2 is 1.95 bits per heavy atom. The van der Waals surface area contributed by atoms with Gasteiger partial charge in [-0.3, -0.25) is 9.59 Å². The van der Waals surface area contributed by atoms with Crippen molar-refractivity contribution in [3.05, 3.63) is 0 Å². The highest BCUT2D eigenvalue weighted by Crippen LogP contribution is 2.39. The first kappa shape index (κ1) is 14.7. The Morgan fingerprint density at radius 1 is 1.21 bits per heavy atom. The van der Waals surface area contributed by atoms with Gasteiger partial charge in [0.25, 0.3) is 0 Å². The molecule has 0 aromatic carbocycles. The van der Waals surface area contributed by atoms with Crippen LogP contribution in [0, 0.1) is 23.7 Å². The van der Waals surface area contributed by atoms with Crippen LogP contribution in [0.2, 0.25) is 0 Å². The van der Waals surface area contributed by atoms with Crippen molar-refractivity contribution >= 4 is 11.6 Å². The Bertz CT molecular complexity index is 334. The summed E-state index contributed by atoms with van der Waals surface area (Å²) in [5.74, 6) is 2.20. The molecule has 0 aliphatic heterocycles. The van der Waals surface area contributed by atoms with Crippen LogP contribution in [0.15, 0.2) is 0 Å². The van der Waals surface area contributed by atoms with E-state index in [1.807, 2.05) is 0 Å². The first-order valence-electron chi connectivity index (χ1n) is 8.19. The molecule has 0 saturated heterocycles. The van der Waals surface area contributed by atoms with Gasteiger partial charge in [-0.15, -0.1) is 0 Å². The summed E-state index contributed by atoms with van der Waals surface area (Å²) < 4.78 is 0. The van der Waals surface area contributed by atoms with Gasteiger partial charge in [0.05, 0.1) is 5.92 Å². The number of ketones is 2. The highest BCUT2D eigenvalue weighted by molar-refractivity contribution is 6.03. The summed E-state index contributed by atoms with van der Waals surface area (Å²) in [4.78, 5) is 24.1. The SMILES string of the molecule is CCC(C)C1CCCCC1CC(=O)C1CCCC1=O.